The Morgan fingerprint density at radius 2 is 2.17 bits per heavy atom. The van der Waals surface area contributed by atoms with Gasteiger partial charge in [0, 0.05) is 31.4 Å². The summed E-state index contributed by atoms with van der Waals surface area (Å²) in [5.41, 5.74) is 0.902. The molecule has 122 valence electrons. The molecule has 1 heterocycles. The van der Waals surface area contributed by atoms with Gasteiger partial charge in [0.15, 0.2) is 5.75 Å². The van der Waals surface area contributed by atoms with Gasteiger partial charge in [-0.15, -0.1) is 0 Å². The molecule has 0 aliphatic heterocycles. The first-order chi connectivity index (χ1) is 11.0. The number of nitrogens with zero attached hydrogens (tertiary/aromatic N) is 4. The van der Waals surface area contributed by atoms with Crippen molar-refractivity contribution in [2.24, 2.45) is 0 Å². The number of hydrogen-bond acceptors (Lipinski definition) is 5. The van der Waals surface area contributed by atoms with Crippen LogP contribution in [-0.2, 0) is 13.1 Å². The number of benzene rings is 1. The highest BCUT2D eigenvalue weighted by Gasteiger charge is 2.20. The van der Waals surface area contributed by atoms with Gasteiger partial charge in [-0.2, -0.15) is 5.10 Å². The van der Waals surface area contributed by atoms with Gasteiger partial charge in [-0.05, 0) is 25.1 Å². The monoisotopic (exact) mass is 318 g/mol. The third-order valence-electron chi connectivity index (χ3n) is 3.47. The molecule has 0 bridgehead atoms. The summed E-state index contributed by atoms with van der Waals surface area (Å²) in [4.78, 5) is 24.5. The smallest absolute Gasteiger partial charge is 0.311 e. The fourth-order valence-electron chi connectivity index (χ4n) is 2.28. The van der Waals surface area contributed by atoms with Crippen molar-refractivity contribution in [2.45, 2.75) is 20.0 Å². The van der Waals surface area contributed by atoms with Crippen LogP contribution in [-0.4, -0.2) is 39.7 Å². The standard InChI is InChI=1S/C15H18N4O4/c1-4-18-12(7-8-16-18)10-17(2)15(20)11-5-6-14(23-3)13(9-11)19(21)22/h5-9H,4,10H2,1-3H3. The molecule has 0 saturated carbocycles. The molecule has 8 nitrogen and oxygen atoms in total. The predicted molar refractivity (Wildman–Crippen MR) is 83.3 cm³/mol. The number of carbonyl (C=O) groups is 1. The molecule has 1 amide bonds. The van der Waals surface area contributed by atoms with E-state index >= 15 is 0 Å². The van der Waals surface area contributed by atoms with Crippen LogP contribution in [0.5, 0.6) is 5.75 Å². The van der Waals surface area contributed by atoms with Crippen molar-refractivity contribution < 1.29 is 14.5 Å². The van der Waals surface area contributed by atoms with Crippen molar-refractivity contribution in [3.8, 4) is 5.75 Å². The maximum Gasteiger partial charge on any atom is 0.311 e. The summed E-state index contributed by atoms with van der Waals surface area (Å²) in [7, 11) is 2.99. The van der Waals surface area contributed by atoms with E-state index in [1.54, 1.807) is 17.9 Å². The van der Waals surface area contributed by atoms with E-state index in [2.05, 4.69) is 5.10 Å². The lowest BCUT2D eigenvalue weighted by atomic mass is 10.1. The van der Waals surface area contributed by atoms with Gasteiger partial charge in [-0.3, -0.25) is 19.6 Å². The predicted octanol–water partition coefficient (Wildman–Crippen LogP) is 2.09. The molecule has 8 heteroatoms. The molecule has 23 heavy (non-hydrogen) atoms. The molecule has 0 unspecified atom stereocenters. The Hall–Kier alpha value is -2.90. The Balaban J connectivity index is 2.22. The third kappa shape index (κ3) is 3.47. The van der Waals surface area contributed by atoms with E-state index in [9.17, 15) is 14.9 Å². The fourth-order valence-corrected chi connectivity index (χ4v) is 2.28. The lowest BCUT2D eigenvalue weighted by molar-refractivity contribution is -0.385. The molecule has 0 aliphatic rings. The average molecular weight is 318 g/mol. The molecular weight excluding hydrogens is 300 g/mol. The number of aryl methyl sites for hydroxylation is 1. The number of nitro benzene ring substituents is 1. The number of hydrogen-bond donors (Lipinski definition) is 0. The van der Waals surface area contributed by atoms with Crippen LogP contribution in [0.15, 0.2) is 30.5 Å². The summed E-state index contributed by atoms with van der Waals surface area (Å²) in [6, 6.07) is 6.01. The quantitative estimate of drug-likeness (QED) is 0.601. The topological polar surface area (TPSA) is 90.5 Å². The van der Waals surface area contributed by atoms with Crippen LogP contribution in [0.25, 0.3) is 0 Å². The van der Waals surface area contributed by atoms with Crippen molar-refractivity contribution in [1.29, 1.82) is 0 Å². The summed E-state index contributed by atoms with van der Waals surface area (Å²) in [5, 5.41) is 15.2. The van der Waals surface area contributed by atoms with Crippen LogP contribution in [0, 0.1) is 10.1 Å². The molecular formula is C15H18N4O4. The first kappa shape index (κ1) is 16.5. The fraction of sp³-hybridized carbons (Fsp3) is 0.333. The summed E-state index contributed by atoms with van der Waals surface area (Å²) >= 11 is 0. The van der Waals surface area contributed by atoms with E-state index in [0.717, 1.165) is 5.69 Å². The highest BCUT2D eigenvalue weighted by molar-refractivity contribution is 5.95. The Labute approximate surface area is 133 Å². The Morgan fingerprint density at radius 3 is 2.78 bits per heavy atom. The molecule has 2 rings (SSSR count). The van der Waals surface area contributed by atoms with Gasteiger partial charge < -0.3 is 9.64 Å². The van der Waals surface area contributed by atoms with Gasteiger partial charge >= 0.3 is 5.69 Å². The van der Waals surface area contributed by atoms with Gasteiger partial charge in [0.25, 0.3) is 5.91 Å². The number of carbonyl (C=O) groups excluding carboxylic acids is 1. The Morgan fingerprint density at radius 1 is 1.43 bits per heavy atom. The third-order valence-corrected chi connectivity index (χ3v) is 3.47. The average Bonchev–Trinajstić information content (AvgIpc) is 3.00. The second-order valence-corrected chi connectivity index (χ2v) is 4.94. The molecule has 1 aromatic heterocycles. The minimum Gasteiger partial charge on any atom is -0.490 e. The minimum absolute atomic E-state index is 0.123. The summed E-state index contributed by atoms with van der Waals surface area (Å²) in [5.74, 6) is -0.183. The van der Waals surface area contributed by atoms with E-state index in [0.29, 0.717) is 13.1 Å². The zero-order chi connectivity index (χ0) is 17.0. The zero-order valence-electron chi connectivity index (χ0n) is 13.2. The SMILES string of the molecule is CCn1nccc1CN(C)C(=O)c1ccc(OC)c([N+](=O)[O-])c1. The Kier molecular flexibility index (Phi) is 4.95. The van der Waals surface area contributed by atoms with Gasteiger partial charge in [0.05, 0.1) is 24.3 Å². The summed E-state index contributed by atoms with van der Waals surface area (Å²) in [6.45, 7) is 3.04. The minimum atomic E-state index is -0.568. The summed E-state index contributed by atoms with van der Waals surface area (Å²) < 4.78 is 6.73. The van der Waals surface area contributed by atoms with E-state index in [4.69, 9.17) is 4.74 Å². The van der Waals surface area contributed by atoms with Crippen LogP contribution >= 0.6 is 0 Å². The van der Waals surface area contributed by atoms with Gasteiger partial charge in [0.2, 0.25) is 0 Å². The Bertz CT molecular complexity index is 726. The van der Waals surface area contributed by atoms with Crippen molar-refractivity contribution in [1.82, 2.24) is 14.7 Å². The molecule has 2 aromatic rings. The number of methoxy groups -OCH3 is 1. The summed E-state index contributed by atoms with van der Waals surface area (Å²) in [6.07, 6.45) is 1.68. The largest absolute Gasteiger partial charge is 0.490 e. The van der Waals surface area contributed by atoms with Crippen molar-refractivity contribution in [2.75, 3.05) is 14.2 Å². The van der Waals surface area contributed by atoms with Gasteiger partial charge in [-0.1, -0.05) is 0 Å². The first-order valence-corrected chi connectivity index (χ1v) is 7.06. The molecule has 0 aliphatic carbocycles. The number of amides is 1. The van der Waals surface area contributed by atoms with Gasteiger partial charge in [0.1, 0.15) is 0 Å². The van der Waals surface area contributed by atoms with Crippen LogP contribution < -0.4 is 4.74 Å². The lowest BCUT2D eigenvalue weighted by Crippen LogP contribution is -2.27. The van der Waals surface area contributed by atoms with Crippen LogP contribution in [0.1, 0.15) is 23.0 Å². The van der Waals surface area contributed by atoms with E-state index < -0.39 is 4.92 Å². The molecule has 0 fully saturated rings. The molecule has 1 aromatic carbocycles. The number of rotatable bonds is 6. The molecule has 0 saturated heterocycles. The lowest BCUT2D eigenvalue weighted by Gasteiger charge is -2.18. The highest BCUT2D eigenvalue weighted by Crippen LogP contribution is 2.28. The second-order valence-electron chi connectivity index (χ2n) is 4.94. The van der Waals surface area contributed by atoms with Crippen molar-refractivity contribution in [3.05, 3.63) is 51.8 Å². The van der Waals surface area contributed by atoms with Crippen molar-refractivity contribution >= 4 is 11.6 Å². The molecule has 0 atom stereocenters. The molecule has 0 radical (unpaired) electrons. The van der Waals surface area contributed by atoms with Crippen LogP contribution in [0.3, 0.4) is 0 Å². The first-order valence-electron chi connectivity index (χ1n) is 7.06. The van der Waals surface area contributed by atoms with Gasteiger partial charge in [-0.25, -0.2) is 0 Å². The maximum absolute atomic E-state index is 12.5. The van der Waals surface area contributed by atoms with Crippen LogP contribution in [0.2, 0.25) is 0 Å². The number of nitro groups is 1. The number of aromatic nitrogens is 2. The van der Waals surface area contributed by atoms with Crippen molar-refractivity contribution in [3.63, 3.8) is 0 Å². The van der Waals surface area contributed by atoms with Crippen LogP contribution in [0.4, 0.5) is 5.69 Å². The van der Waals surface area contributed by atoms with E-state index in [-0.39, 0.29) is 22.9 Å². The van der Waals surface area contributed by atoms with E-state index in [1.807, 2.05) is 13.0 Å². The normalized spacial score (nSPS) is 10.4. The zero-order valence-corrected chi connectivity index (χ0v) is 13.2. The molecule has 0 spiro atoms. The number of ether oxygens (including phenoxy) is 1. The highest BCUT2D eigenvalue weighted by atomic mass is 16.6. The molecule has 0 N–H and O–H groups in total. The maximum atomic E-state index is 12.5. The second kappa shape index (κ2) is 6.91. The van der Waals surface area contributed by atoms with E-state index in [1.165, 1.54) is 30.2 Å².